The maximum atomic E-state index is 12.7. The average Bonchev–Trinajstić information content (AvgIpc) is 2.96. The number of phenolic OH excluding ortho intramolecular Hbond substituents is 1. The first-order chi connectivity index (χ1) is 19.9. The molecule has 0 aromatic heterocycles. The van der Waals surface area contributed by atoms with Gasteiger partial charge in [-0.2, -0.15) is 15.3 Å². The first-order valence-corrected chi connectivity index (χ1v) is 13.1. The Balaban J connectivity index is 1.41. The van der Waals surface area contributed by atoms with Crippen LogP contribution in [-0.4, -0.2) is 41.5 Å². The Kier molecular flexibility index (Phi) is 9.73. The number of carbonyl (C=O) groups is 2. The molecule has 4 N–H and O–H groups in total. The molecule has 0 spiro atoms. The van der Waals surface area contributed by atoms with Gasteiger partial charge in [-0.3, -0.25) is 4.79 Å². The van der Waals surface area contributed by atoms with E-state index >= 15 is 0 Å². The number of hydrogen-bond donors (Lipinski definition) is 4. The number of phenols is 1. The number of hydrogen-bond acceptors (Lipinski definition) is 9. The fraction of sp³-hybridized carbons (Fsp3) is 0.172. The molecule has 1 aliphatic rings. The highest BCUT2D eigenvalue weighted by atomic mass is 32.1. The van der Waals surface area contributed by atoms with Gasteiger partial charge in [-0.25, -0.2) is 10.2 Å². The Morgan fingerprint density at radius 1 is 1.05 bits per heavy atom. The maximum absolute atomic E-state index is 12.7. The van der Waals surface area contributed by atoms with Crippen LogP contribution >= 0.6 is 12.2 Å². The van der Waals surface area contributed by atoms with E-state index < -0.39 is 17.9 Å². The first-order valence-electron chi connectivity index (χ1n) is 12.6. The van der Waals surface area contributed by atoms with Crippen molar-refractivity contribution in [2.24, 2.45) is 15.3 Å². The number of hydrazone groups is 1. The van der Waals surface area contributed by atoms with Gasteiger partial charge in [-0.05, 0) is 62.5 Å². The number of para-hydroxylation sites is 1. The Morgan fingerprint density at radius 3 is 2.56 bits per heavy atom. The summed E-state index contributed by atoms with van der Waals surface area (Å²) in [6.45, 7) is 3.31. The van der Waals surface area contributed by atoms with E-state index in [1.807, 2.05) is 30.3 Å². The second-order valence-corrected chi connectivity index (χ2v) is 9.10. The number of allylic oxidation sites excluding steroid dienone is 1. The first kappa shape index (κ1) is 28.9. The van der Waals surface area contributed by atoms with Gasteiger partial charge in [0.1, 0.15) is 11.5 Å². The molecule has 0 saturated carbocycles. The molecule has 11 nitrogen and oxygen atoms in total. The lowest BCUT2D eigenvalue weighted by Crippen LogP contribution is -2.45. The molecule has 0 saturated heterocycles. The van der Waals surface area contributed by atoms with Crippen LogP contribution in [0.5, 0.6) is 11.5 Å². The van der Waals surface area contributed by atoms with Crippen molar-refractivity contribution in [1.82, 2.24) is 16.1 Å². The molecule has 1 amide bonds. The van der Waals surface area contributed by atoms with Crippen LogP contribution in [-0.2, 0) is 14.3 Å². The predicted octanol–water partition coefficient (Wildman–Crippen LogP) is 4.69. The Labute approximate surface area is 242 Å². The smallest absolute Gasteiger partial charge is 0.338 e. The molecule has 4 rings (SSSR count). The fourth-order valence-electron chi connectivity index (χ4n) is 3.92. The van der Waals surface area contributed by atoms with Crippen molar-refractivity contribution < 1.29 is 24.2 Å². The average molecular weight is 573 g/mol. The Morgan fingerprint density at radius 2 is 1.78 bits per heavy atom. The molecule has 1 heterocycles. The highest BCUT2D eigenvalue weighted by Crippen LogP contribution is 2.33. The molecule has 0 aliphatic carbocycles. The highest BCUT2D eigenvalue weighted by Gasteiger charge is 2.32. The SMILES string of the molecule is CCOC(=O)C1=C(C)NC(=S)N[C@H]1c1ccccc1OCC(=O)NN=Cc1cc(N=Nc2ccccc2)ccc1O. The summed E-state index contributed by atoms with van der Waals surface area (Å²) in [6.07, 6.45) is 1.29. The van der Waals surface area contributed by atoms with Crippen LogP contribution in [0.3, 0.4) is 0 Å². The number of rotatable bonds is 10. The molecule has 12 heteroatoms. The minimum absolute atomic E-state index is 0.0417. The van der Waals surface area contributed by atoms with Crippen LogP contribution in [0.1, 0.15) is 31.0 Å². The summed E-state index contributed by atoms with van der Waals surface area (Å²) >= 11 is 5.30. The van der Waals surface area contributed by atoms with Gasteiger partial charge in [0, 0.05) is 16.8 Å². The van der Waals surface area contributed by atoms with Crippen LogP contribution < -0.4 is 20.8 Å². The van der Waals surface area contributed by atoms with E-state index in [2.05, 4.69) is 31.4 Å². The largest absolute Gasteiger partial charge is 0.507 e. The quantitative estimate of drug-likeness (QED) is 0.0900. The van der Waals surface area contributed by atoms with Crippen molar-refractivity contribution in [3.63, 3.8) is 0 Å². The van der Waals surface area contributed by atoms with Gasteiger partial charge >= 0.3 is 5.97 Å². The minimum atomic E-state index is -0.644. The van der Waals surface area contributed by atoms with Crippen molar-refractivity contribution >= 4 is 46.8 Å². The van der Waals surface area contributed by atoms with Crippen LogP contribution in [0, 0.1) is 0 Å². The Bertz CT molecular complexity index is 1520. The topological polar surface area (TPSA) is 146 Å². The van der Waals surface area contributed by atoms with Crippen molar-refractivity contribution in [2.45, 2.75) is 19.9 Å². The molecule has 210 valence electrons. The summed E-state index contributed by atoms with van der Waals surface area (Å²) in [7, 11) is 0. The second-order valence-electron chi connectivity index (χ2n) is 8.69. The van der Waals surface area contributed by atoms with E-state index in [0.29, 0.717) is 44.6 Å². The third-order valence-corrected chi connectivity index (χ3v) is 6.01. The number of ether oxygens (including phenoxy) is 2. The van der Waals surface area contributed by atoms with Crippen molar-refractivity contribution in [3.8, 4) is 11.5 Å². The lowest BCUT2D eigenvalue weighted by atomic mass is 9.95. The molecular formula is C29H28N6O5S. The van der Waals surface area contributed by atoms with E-state index in [1.165, 1.54) is 12.3 Å². The molecule has 3 aromatic rings. The summed E-state index contributed by atoms with van der Waals surface area (Å²) < 4.78 is 11.0. The van der Waals surface area contributed by atoms with E-state index in [0.717, 1.165) is 0 Å². The van der Waals surface area contributed by atoms with Gasteiger partial charge < -0.3 is 25.2 Å². The lowest BCUT2D eigenvalue weighted by Gasteiger charge is -2.30. The molecule has 1 aliphatic heterocycles. The Hall–Kier alpha value is -5.10. The molecule has 41 heavy (non-hydrogen) atoms. The van der Waals surface area contributed by atoms with E-state index in [9.17, 15) is 14.7 Å². The highest BCUT2D eigenvalue weighted by molar-refractivity contribution is 7.80. The number of aromatic hydroxyl groups is 1. The molecular weight excluding hydrogens is 544 g/mol. The summed E-state index contributed by atoms with van der Waals surface area (Å²) in [6, 6.07) is 20.2. The number of benzene rings is 3. The monoisotopic (exact) mass is 572 g/mol. The van der Waals surface area contributed by atoms with Gasteiger partial charge in [0.2, 0.25) is 0 Å². The summed E-state index contributed by atoms with van der Waals surface area (Å²) in [5.41, 5.74) is 5.41. The zero-order chi connectivity index (χ0) is 29.2. The standard InChI is InChI=1S/C29H28N6O5S/c1-3-39-28(38)26-18(2)31-29(41)32-27(26)22-11-7-8-12-24(22)40-17-25(37)35-30-16-19-15-21(13-14-23(19)36)34-33-20-9-5-4-6-10-20/h4-16,27,36H,3,17H2,1-2H3,(H,35,37)(H2,31,32,41)/t27-/m0/s1. The third kappa shape index (κ3) is 7.73. The number of esters is 1. The number of amides is 1. The van der Waals surface area contributed by atoms with Gasteiger partial charge in [0.25, 0.3) is 5.91 Å². The van der Waals surface area contributed by atoms with Crippen LogP contribution in [0.4, 0.5) is 11.4 Å². The second kappa shape index (κ2) is 13.8. The normalized spacial score (nSPS) is 15.0. The molecule has 0 radical (unpaired) electrons. The number of carbonyl (C=O) groups excluding carboxylic acids is 2. The van der Waals surface area contributed by atoms with Crippen molar-refractivity contribution in [2.75, 3.05) is 13.2 Å². The van der Waals surface area contributed by atoms with E-state index in [-0.39, 0.29) is 19.0 Å². The molecule has 0 unspecified atom stereocenters. The zero-order valence-electron chi connectivity index (χ0n) is 22.3. The zero-order valence-corrected chi connectivity index (χ0v) is 23.1. The van der Waals surface area contributed by atoms with Crippen molar-refractivity contribution in [3.05, 3.63) is 95.2 Å². The van der Waals surface area contributed by atoms with Gasteiger partial charge in [-0.1, -0.05) is 36.4 Å². The molecule has 1 atom stereocenters. The number of nitrogens with one attached hydrogen (secondary N) is 3. The maximum Gasteiger partial charge on any atom is 0.338 e. The van der Waals surface area contributed by atoms with Crippen LogP contribution in [0.2, 0.25) is 0 Å². The minimum Gasteiger partial charge on any atom is -0.507 e. The summed E-state index contributed by atoms with van der Waals surface area (Å²) in [5, 5.41) is 28.8. The van der Waals surface area contributed by atoms with Gasteiger partial charge in [-0.15, -0.1) is 0 Å². The van der Waals surface area contributed by atoms with Crippen LogP contribution in [0.15, 0.2) is 99.4 Å². The van der Waals surface area contributed by atoms with Gasteiger partial charge in [0.05, 0.1) is 35.8 Å². The summed E-state index contributed by atoms with van der Waals surface area (Å²) in [4.78, 5) is 25.2. The number of nitrogens with zero attached hydrogens (tertiary/aromatic N) is 3. The summed E-state index contributed by atoms with van der Waals surface area (Å²) in [5.74, 6) is -0.702. The van der Waals surface area contributed by atoms with Crippen LogP contribution in [0.25, 0.3) is 0 Å². The van der Waals surface area contributed by atoms with E-state index in [4.69, 9.17) is 21.7 Å². The molecule has 3 aromatic carbocycles. The fourth-order valence-corrected chi connectivity index (χ4v) is 4.19. The van der Waals surface area contributed by atoms with Crippen molar-refractivity contribution in [1.29, 1.82) is 0 Å². The molecule has 0 bridgehead atoms. The van der Waals surface area contributed by atoms with E-state index in [1.54, 1.807) is 50.2 Å². The number of azo groups is 1. The lowest BCUT2D eigenvalue weighted by molar-refractivity contribution is -0.139. The predicted molar refractivity (Wildman–Crippen MR) is 157 cm³/mol. The van der Waals surface area contributed by atoms with Gasteiger partial charge in [0.15, 0.2) is 11.7 Å². The third-order valence-electron chi connectivity index (χ3n) is 5.79. The molecule has 0 fully saturated rings. The number of thiocarbonyl (C=S) groups is 1.